The standard InChI is InChI=1S/C28H45ClN4O3.2ClH/c1-6-31(7-2)17-19-36-24-14-10-13-23-25(29)27(32(26(23)24)16-8-9-18-35-5)28(34)33(21(3)4)22-12-11-15-30-20-22;;/h10,13-14,21-22,30H,6-9,11-12,15-20H2,1-5H3;2*1H/t22-;;/m1../s1. The number of likely N-dealkylation sites (N-methyl/N-ethyl adjacent to an activating group) is 1. The van der Waals surface area contributed by atoms with Crippen LogP contribution in [0.15, 0.2) is 18.2 Å². The van der Waals surface area contributed by atoms with Gasteiger partial charge in [-0.1, -0.05) is 37.6 Å². The summed E-state index contributed by atoms with van der Waals surface area (Å²) in [5.41, 5.74) is 1.48. The summed E-state index contributed by atoms with van der Waals surface area (Å²) in [6.07, 6.45) is 3.86. The maximum absolute atomic E-state index is 14.2. The minimum absolute atomic E-state index is 0. The smallest absolute Gasteiger partial charge is 0.272 e. The van der Waals surface area contributed by atoms with Crippen molar-refractivity contribution < 1.29 is 14.3 Å². The lowest BCUT2D eigenvalue weighted by Gasteiger charge is -2.38. The Morgan fingerprint density at radius 1 is 1.18 bits per heavy atom. The molecule has 1 aromatic heterocycles. The normalized spacial score (nSPS) is 15.4. The molecule has 0 unspecified atom stereocenters. The van der Waals surface area contributed by atoms with Gasteiger partial charge in [0.1, 0.15) is 18.1 Å². The van der Waals surface area contributed by atoms with Crippen LogP contribution in [0.1, 0.15) is 63.9 Å². The number of amides is 1. The molecule has 0 saturated carbocycles. The molecule has 0 radical (unpaired) electrons. The Bertz CT molecular complexity index is 976. The molecule has 2 heterocycles. The molecule has 10 heteroatoms. The number of nitrogens with one attached hydrogen (secondary N) is 1. The number of halogens is 3. The fourth-order valence-corrected chi connectivity index (χ4v) is 5.58. The predicted molar refractivity (Wildman–Crippen MR) is 163 cm³/mol. The van der Waals surface area contributed by atoms with E-state index in [2.05, 4.69) is 42.5 Å². The maximum atomic E-state index is 14.2. The average molecular weight is 594 g/mol. The Hall–Kier alpha value is -1.22. The Labute approximate surface area is 246 Å². The van der Waals surface area contributed by atoms with Gasteiger partial charge in [0.05, 0.1) is 10.5 Å². The number of aromatic nitrogens is 1. The van der Waals surface area contributed by atoms with Crippen molar-refractivity contribution in [1.82, 2.24) is 19.7 Å². The molecule has 1 atom stereocenters. The van der Waals surface area contributed by atoms with E-state index in [1.165, 1.54) is 0 Å². The summed E-state index contributed by atoms with van der Waals surface area (Å²) in [6, 6.07) is 6.19. The number of hydrogen-bond acceptors (Lipinski definition) is 5. The van der Waals surface area contributed by atoms with Crippen LogP contribution in [0, 0.1) is 0 Å². The third-order valence-electron chi connectivity index (χ3n) is 7.18. The number of aryl methyl sites for hydroxylation is 1. The van der Waals surface area contributed by atoms with Gasteiger partial charge in [0.25, 0.3) is 5.91 Å². The van der Waals surface area contributed by atoms with Crippen LogP contribution in [0.5, 0.6) is 5.75 Å². The first kappa shape index (κ1) is 34.8. The van der Waals surface area contributed by atoms with Crippen molar-refractivity contribution in [3.05, 3.63) is 28.9 Å². The van der Waals surface area contributed by atoms with E-state index >= 15 is 0 Å². The second-order valence-corrected chi connectivity index (χ2v) is 10.2. The Morgan fingerprint density at radius 3 is 2.53 bits per heavy atom. The highest BCUT2D eigenvalue weighted by Crippen LogP contribution is 2.38. The number of rotatable bonds is 14. The van der Waals surface area contributed by atoms with Gasteiger partial charge < -0.3 is 29.2 Å². The zero-order valence-corrected chi connectivity index (χ0v) is 26.0. The van der Waals surface area contributed by atoms with Crippen molar-refractivity contribution in [2.45, 2.75) is 72.0 Å². The second-order valence-electron chi connectivity index (χ2n) is 9.85. The fraction of sp³-hybridized carbons (Fsp3) is 0.679. The number of ether oxygens (including phenoxy) is 2. The third kappa shape index (κ3) is 8.39. The van der Waals surface area contributed by atoms with Gasteiger partial charge in [-0.2, -0.15) is 0 Å². The molecule has 1 amide bonds. The lowest BCUT2D eigenvalue weighted by Crippen LogP contribution is -2.52. The molecule has 1 aromatic carbocycles. The zero-order valence-electron chi connectivity index (χ0n) is 23.6. The van der Waals surface area contributed by atoms with Gasteiger partial charge in [-0.05, 0) is 65.2 Å². The molecule has 0 bridgehead atoms. The van der Waals surface area contributed by atoms with Gasteiger partial charge in [0, 0.05) is 50.8 Å². The van der Waals surface area contributed by atoms with Gasteiger partial charge in [0.2, 0.25) is 0 Å². The molecule has 0 spiro atoms. The summed E-state index contributed by atoms with van der Waals surface area (Å²) in [4.78, 5) is 18.6. The number of carbonyl (C=O) groups is 1. The van der Waals surface area contributed by atoms with Crippen molar-refractivity contribution in [3.63, 3.8) is 0 Å². The van der Waals surface area contributed by atoms with E-state index in [1.807, 2.05) is 23.1 Å². The van der Waals surface area contributed by atoms with Crippen LogP contribution in [0.3, 0.4) is 0 Å². The van der Waals surface area contributed by atoms with E-state index in [-0.39, 0.29) is 42.8 Å². The van der Waals surface area contributed by atoms with Crippen LogP contribution in [0.2, 0.25) is 5.02 Å². The zero-order chi connectivity index (χ0) is 26.1. The second kappa shape index (κ2) is 17.5. The molecule has 3 rings (SSSR count). The van der Waals surface area contributed by atoms with Crippen LogP contribution in [-0.2, 0) is 11.3 Å². The number of fused-ring (bicyclic) bond motifs is 1. The lowest BCUT2D eigenvalue weighted by molar-refractivity contribution is 0.0562. The SMILES string of the molecule is CCN(CC)CCOc1cccc2c(Cl)c(C(=O)N(C(C)C)[C@@H]3CCCNC3)n(CCCCOC)c12.Cl.Cl. The molecule has 7 nitrogen and oxygen atoms in total. The number of hydrogen-bond donors (Lipinski definition) is 1. The van der Waals surface area contributed by atoms with E-state index in [9.17, 15) is 4.79 Å². The van der Waals surface area contributed by atoms with Gasteiger partial charge >= 0.3 is 0 Å². The highest BCUT2D eigenvalue weighted by Gasteiger charge is 2.33. The molecule has 1 saturated heterocycles. The maximum Gasteiger partial charge on any atom is 0.272 e. The largest absolute Gasteiger partial charge is 0.490 e. The topological polar surface area (TPSA) is 59.0 Å². The van der Waals surface area contributed by atoms with Gasteiger partial charge in [0.15, 0.2) is 0 Å². The van der Waals surface area contributed by atoms with Gasteiger partial charge in [-0.15, -0.1) is 24.8 Å². The number of methoxy groups -OCH3 is 1. The summed E-state index contributed by atoms with van der Waals surface area (Å²) in [6.45, 7) is 15.1. The van der Waals surface area contributed by atoms with Crippen molar-refractivity contribution in [2.75, 3.05) is 53.0 Å². The first-order valence-corrected chi connectivity index (χ1v) is 14.0. The van der Waals surface area contributed by atoms with Crippen LogP contribution in [-0.4, -0.2) is 85.4 Å². The Kier molecular flexibility index (Phi) is 16.0. The molecule has 2 aromatic rings. The fourth-order valence-electron chi connectivity index (χ4n) is 5.24. The summed E-state index contributed by atoms with van der Waals surface area (Å²) in [5.74, 6) is 0.781. The molecule has 0 aliphatic carbocycles. The summed E-state index contributed by atoms with van der Waals surface area (Å²) in [7, 11) is 1.72. The summed E-state index contributed by atoms with van der Waals surface area (Å²) in [5, 5.41) is 4.85. The van der Waals surface area contributed by atoms with Crippen LogP contribution < -0.4 is 10.1 Å². The van der Waals surface area contributed by atoms with E-state index in [1.54, 1.807) is 7.11 Å². The molecule has 1 N–H and O–H groups in total. The number of carbonyl (C=O) groups excluding carboxylic acids is 1. The highest BCUT2D eigenvalue weighted by molar-refractivity contribution is 6.39. The molecule has 218 valence electrons. The van der Waals surface area contributed by atoms with E-state index in [4.69, 9.17) is 21.1 Å². The summed E-state index contributed by atoms with van der Waals surface area (Å²) < 4.78 is 13.7. The lowest BCUT2D eigenvalue weighted by atomic mass is 10.0. The third-order valence-corrected chi connectivity index (χ3v) is 7.56. The van der Waals surface area contributed by atoms with Crippen molar-refractivity contribution in [1.29, 1.82) is 0 Å². The van der Waals surface area contributed by atoms with Crippen LogP contribution in [0.4, 0.5) is 0 Å². The molecule has 38 heavy (non-hydrogen) atoms. The first-order chi connectivity index (χ1) is 17.4. The van der Waals surface area contributed by atoms with Crippen molar-refractivity contribution in [3.8, 4) is 5.75 Å². The Balaban J connectivity index is 0.00000361. The Morgan fingerprint density at radius 2 is 1.92 bits per heavy atom. The van der Waals surface area contributed by atoms with Gasteiger partial charge in [-0.25, -0.2) is 0 Å². The summed E-state index contributed by atoms with van der Waals surface area (Å²) >= 11 is 7.01. The highest BCUT2D eigenvalue weighted by atomic mass is 35.5. The van der Waals surface area contributed by atoms with E-state index < -0.39 is 0 Å². The number of piperidine rings is 1. The minimum Gasteiger partial charge on any atom is -0.490 e. The van der Waals surface area contributed by atoms with Crippen LogP contribution >= 0.6 is 36.4 Å². The van der Waals surface area contributed by atoms with Crippen molar-refractivity contribution >= 4 is 53.2 Å². The molecule has 1 fully saturated rings. The number of benzene rings is 1. The van der Waals surface area contributed by atoms with E-state index in [0.717, 1.165) is 75.1 Å². The molecule has 1 aliphatic heterocycles. The molecule has 1 aliphatic rings. The number of unbranched alkanes of at least 4 members (excludes halogenated alkanes) is 1. The average Bonchev–Trinajstić information content (AvgIpc) is 3.17. The van der Waals surface area contributed by atoms with E-state index in [0.29, 0.717) is 30.5 Å². The number of para-hydroxylation sites is 1. The predicted octanol–water partition coefficient (Wildman–Crippen LogP) is 5.89. The van der Waals surface area contributed by atoms with Crippen LogP contribution in [0.25, 0.3) is 10.9 Å². The minimum atomic E-state index is 0. The molecular weight excluding hydrogens is 547 g/mol. The quantitative estimate of drug-likeness (QED) is 0.277. The number of nitrogens with zero attached hydrogens (tertiary/aromatic N) is 3. The van der Waals surface area contributed by atoms with Gasteiger partial charge in [-0.3, -0.25) is 4.79 Å². The first-order valence-electron chi connectivity index (χ1n) is 13.6. The van der Waals surface area contributed by atoms with Crippen molar-refractivity contribution in [2.24, 2.45) is 0 Å². The molecular formula is C28H47Cl3N4O3. The monoisotopic (exact) mass is 592 g/mol.